The van der Waals surface area contributed by atoms with Gasteiger partial charge in [-0.25, -0.2) is 4.79 Å². The fourth-order valence-corrected chi connectivity index (χ4v) is 3.25. The normalized spacial score (nSPS) is 30.3. The molecule has 0 unspecified atom stereocenters. The van der Waals surface area contributed by atoms with Gasteiger partial charge in [-0.05, 0) is 51.4 Å². The van der Waals surface area contributed by atoms with Gasteiger partial charge in [-0.3, -0.25) is 0 Å². The smallest absolute Gasteiger partial charge is 0.419 e. The lowest BCUT2D eigenvalue weighted by Crippen LogP contribution is -2.28. The first-order valence-corrected chi connectivity index (χ1v) is 7.04. The zero-order valence-electron chi connectivity index (χ0n) is 12.5. The van der Waals surface area contributed by atoms with Crippen LogP contribution in [-0.2, 0) is 9.47 Å². The maximum absolute atomic E-state index is 11.2. The first-order chi connectivity index (χ1) is 8.74. The molecule has 0 spiro atoms. The van der Waals surface area contributed by atoms with Gasteiger partial charge in [0.25, 0.3) is 0 Å². The molecule has 0 aromatic carbocycles. The molecule has 0 saturated carbocycles. The molecule has 3 nitrogen and oxygen atoms in total. The van der Waals surface area contributed by atoms with E-state index in [9.17, 15) is 4.79 Å². The number of hydrogen-bond donors (Lipinski definition) is 0. The number of carbonyl (C=O) groups is 1. The van der Waals surface area contributed by atoms with Gasteiger partial charge in [0.05, 0.1) is 0 Å². The molecule has 0 bridgehead atoms. The molecule has 1 atom stereocenters. The van der Waals surface area contributed by atoms with Gasteiger partial charge in [-0.15, -0.1) is 0 Å². The number of allylic oxidation sites excluding steroid dienone is 2. The monoisotopic (exact) mass is 264 g/mol. The van der Waals surface area contributed by atoms with E-state index in [-0.39, 0.29) is 5.41 Å². The average Bonchev–Trinajstić information content (AvgIpc) is 2.51. The van der Waals surface area contributed by atoms with Crippen molar-refractivity contribution in [2.45, 2.75) is 65.4 Å². The third kappa shape index (κ3) is 2.70. The van der Waals surface area contributed by atoms with Crippen molar-refractivity contribution in [3.63, 3.8) is 0 Å². The van der Waals surface area contributed by atoms with E-state index in [0.29, 0.717) is 5.76 Å². The van der Waals surface area contributed by atoms with Gasteiger partial charge in [0.15, 0.2) is 5.60 Å². The van der Waals surface area contributed by atoms with E-state index in [4.69, 9.17) is 9.47 Å². The van der Waals surface area contributed by atoms with Crippen LogP contribution in [0, 0.1) is 5.41 Å². The summed E-state index contributed by atoms with van der Waals surface area (Å²) in [6.07, 6.45) is 4.74. The second kappa shape index (κ2) is 4.69. The van der Waals surface area contributed by atoms with E-state index in [1.807, 2.05) is 6.92 Å². The first-order valence-electron chi connectivity index (χ1n) is 7.04. The summed E-state index contributed by atoms with van der Waals surface area (Å²) in [6, 6.07) is 0. The average molecular weight is 264 g/mol. The Hall–Kier alpha value is -1.25. The van der Waals surface area contributed by atoms with Gasteiger partial charge in [0.2, 0.25) is 0 Å². The van der Waals surface area contributed by atoms with Crippen LogP contribution >= 0.6 is 0 Å². The molecule has 1 aliphatic heterocycles. The fraction of sp³-hybridized carbons (Fsp3) is 0.688. The van der Waals surface area contributed by atoms with Crippen molar-refractivity contribution in [3.05, 3.63) is 23.5 Å². The Bertz CT molecular complexity index is 445. The van der Waals surface area contributed by atoms with Crippen LogP contribution in [-0.4, -0.2) is 11.8 Å². The van der Waals surface area contributed by atoms with Crippen molar-refractivity contribution in [2.75, 3.05) is 0 Å². The van der Waals surface area contributed by atoms with Crippen molar-refractivity contribution in [1.29, 1.82) is 0 Å². The van der Waals surface area contributed by atoms with E-state index in [1.165, 1.54) is 30.4 Å². The van der Waals surface area contributed by atoms with Crippen LogP contribution in [0.5, 0.6) is 0 Å². The van der Waals surface area contributed by atoms with Crippen LogP contribution in [0.25, 0.3) is 0 Å². The van der Waals surface area contributed by atoms with E-state index in [2.05, 4.69) is 27.4 Å². The molecule has 0 radical (unpaired) electrons. The van der Waals surface area contributed by atoms with Crippen molar-refractivity contribution >= 4 is 6.16 Å². The number of cyclic esters (lactones) is 2. The summed E-state index contributed by atoms with van der Waals surface area (Å²) < 4.78 is 10.2. The largest absolute Gasteiger partial charge is 0.514 e. The van der Waals surface area contributed by atoms with Crippen LogP contribution < -0.4 is 0 Å². The number of ether oxygens (including phenoxy) is 2. The number of hydrogen-bond acceptors (Lipinski definition) is 3. The molecule has 3 heteroatoms. The molecule has 106 valence electrons. The standard InChI is InChI=1S/C16H24O3/c1-11-7-6-9-15(3,4)13(11)8-10-16(5)12(2)18-14(17)19-16/h2,6-10H2,1,3-5H3/t16-/m0/s1. The topological polar surface area (TPSA) is 35.5 Å². The van der Waals surface area contributed by atoms with Gasteiger partial charge in [0, 0.05) is 0 Å². The number of rotatable bonds is 3. The Kier molecular flexibility index (Phi) is 3.50. The van der Waals surface area contributed by atoms with Crippen molar-refractivity contribution in [2.24, 2.45) is 5.41 Å². The van der Waals surface area contributed by atoms with Crippen LogP contribution in [0.15, 0.2) is 23.5 Å². The van der Waals surface area contributed by atoms with Gasteiger partial charge in [-0.2, -0.15) is 0 Å². The third-order valence-corrected chi connectivity index (χ3v) is 4.64. The predicted octanol–water partition coefficient (Wildman–Crippen LogP) is 4.73. The molecule has 0 aromatic heterocycles. The summed E-state index contributed by atoms with van der Waals surface area (Å²) >= 11 is 0. The van der Waals surface area contributed by atoms with Crippen LogP contribution in [0.4, 0.5) is 4.79 Å². The predicted molar refractivity (Wildman–Crippen MR) is 74.7 cm³/mol. The van der Waals surface area contributed by atoms with Crippen molar-refractivity contribution in [3.8, 4) is 0 Å². The fourth-order valence-electron chi connectivity index (χ4n) is 3.25. The molecule has 19 heavy (non-hydrogen) atoms. The van der Waals surface area contributed by atoms with Gasteiger partial charge in [0.1, 0.15) is 5.76 Å². The Labute approximate surface area is 115 Å². The summed E-state index contributed by atoms with van der Waals surface area (Å²) in [5.41, 5.74) is 2.59. The molecule has 0 aromatic rings. The highest BCUT2D eigenvalue weighted by Gasteiger charge is 2.42. The van der Waals surface area contributed by atoms with Crippen molar-refractivity contribution < 1.29 is 14.3 Å². The van der Waals surface area contributed by atoms with Crippen LogP contribution in [0.3, 0.4) is 0 Å². The molecular formula is C16H24O3. The summed E-state index contributed by atoms with van der Waals surface area (Å²) in [5, 5.41) is 0. The first kappa shape index (κ1) is 14.2. The Balaban J connectivity index is 2.10. The van der Waals surface area contributed by atoms with Crippen LogP contribution in [0.2, 0.25) is 0 Å². The SMILES string of the molecule is C=C1OC(=O)O[C@@]1(C)CCC1=C(C)CCCC1(C)C. The van der Waals surface area contributed by atoms with E-state index in [1.54, 1.807) is 0 Å². The lowest BCUT2D eigenvalue weighted by Gasteiger charge is -2.36. The highest BCUT2D eigenvalue weighted by Crippen LogP contribution is 2.44. The molecule has 0 amide bonds. The minimum atomic E-state index is -0.669. The zero-order valence-corrected chi connectivity index (χ0v) is 12.5. The highest BCUT2D eigenvalue weighted by molar-refractivity contribution is 5.66. The van der Waals surface area contributed by atoms with E-state index >= 15 is 0 Å². The summed E-state index contributed by atoms with van der Waals surface area (Å²) in [7, 11) is 0. The van der Waals surface area contributed by atoms with Crippen molar-refractivity contribution in [1.82, 2.24) is 0 Å². The van der Waals surface area contributed by atoms with Crippen LogP contribution in [0.1, 0.15) is 59.8 Å². The second-order valence-electron chi connectivity index (χ2n) is 6.60. The zero-order chi connectivity index (χ0) is 14.3. The van der Waals surface area contributed by atoms with Gasteiger partial charge in [-0.1, -0.05) is 31.6 Å². The minimum absolute atomic E-state index is 0.253. The molecule has 0 N–H and O–H groups in total. The maximum atomic E-state index is 11.2. The Morgan fingerprint density at radius 1 is 1.32 bits per heavy atom. The summed E-state index contributed by atoms with van der Waals surface area (Å²) in [4.78, 5) is 11.2. The van der Waals surface area contributed by atoms with Gasteiger partial charge < -0.3 is 9.47 Å². The van der Waals surface area contributed by atoms with E-state index in [0.717, 1.165) is 12.8 Å². The maximum Gasteiger partial charge on any atom is 0.514 e. The molecular weight excluding hydrogens is 240 g/mol. The lowest BCUT2D eigenvalue weighted by atomic mass is 9.70. The number of carbonyl (C=O) groups excluding carboxylic acids is 1. The molecule has 1 aliphatic carbocycles. The summed E-state index contributed by atoms with van der Waals surface area (Å²) in [6.45, 7) is 12.5. The van der Waals surface area contributed by atoms with Gasteiger partial charge >= 0.3 is 6.16 Å². The third-order valence-electron chi connectivity index (χ3n) is 4.64. The molecule has 1 fully saturated rings. The Morgan fingerprint density at radius 3 is 2.53 bits per heavy atom. The highest BCUT2D eigenvalue weighted by atomic mass is 16.8. The molecule has 2 rings (SSSR count). The molecule has 1 saturated heterocycles. The summed E-state index contributed by atoms with van der Waals surface area (Å²) in [5.74, 6) is 0.435. The Morgan fingerprint density at radius 2 is 2.00 bits per heavy atom. The quantitative estimate of drug-likeness (QED) is 0.546. The minimum Gasteiger partial charge on any atom is -0.419 e. The lowest BCUT2D eigenvalue weighted by molar-refractivity contribution is 0.0707. The second-order valence-corrected chi connectivity index (χ2v) is 6.60. The molecule has 2 aliphatic rings. The van der Waals surface area contributed by atoms with E-state index < -0.39 is 11.8 Å². The molecule has 1 heterocycles.